The van der Waals surface area contributed by atoms with Gasteiger partial charge in [-0.05, 0) is 24.1 Å². The number of hydrogen-bond acceptors (Lipinski definition) is 5. The van der Waals surface area contributed by atoms with E-state index in [1.54, 1.807) is 19.4 Å². The standard InChI is InChI=1S/C11H12ClN3O2S2/c1-15(7-4-9-2-5-13-6-3-9)19(16,17)10-8-14-11(12)18-10/h2-3,5-6,8H,4,7H2,1H3. The first-order valence-electron chi connectivity index (χ1n) is 5.47. The first-order chi connectivity index (χ1) is 9.00. The second-order valence-electron chi connectivity index (χ2n) is 3.86. The van der Waals surface area contributed by atoms with E-state index in [9.17, 15) is 8.42 Å². The van der Waals surface area contributed by atoms with E-state index in [4.69, 9.17) is 11.6 Å². The van der Waals surface area contributed by atoms with E-state index < -0.39 is 10.0 Å². The first-order valence-corrected chi connectivity index (χ1v) is 8.10. The third-order valence-corrected chi connectivity index (χ3v) is 5.99. The van der Waals surface area contributed by atoms with E-state index in [0.717, 1.165) is 16.9 Å². The Morgan fingerprint density at radius 3 is 2.63 bits per heavy atom. The molecule has 0 aliphatic rings. The van der Waals surface area contributed by atoms with Crippen LogP contribution >= 0.6 is 22.9 Å². The van der Waals surface area contributed by atoms with Crippen molar-refractivity contribution in [2.24, 2.45) is 0 Å². The highest BCUT2D eigenvalue weighted by atomic mass is 35.5. The van der Waals surface area contributed by atoms with Gasteiger partial charge in [0, 0.05) is 26.0 Å². The van der Waals surface area contributed by atoms with Crippen molar-refractivity contribution in [3.8, 4) is 0 Å². The van der Waals surface area contributed by atoms with Crippen LogP contribution in [0.2, 0.25) is 4.47 Å². The molecule has 0 aromatic carbocycles. The highest BCUT2D eigenvalue weighted by Gasteiger charge is 2.23. The monoisotopic (exact) mass is 317 g/mol. The molecule has 0 aliphatic carbocycles. The molecule has 0 fully saturated rings. The van der Waals surface area contributed by atoms with Gasteiger partial charge in [0.1, 0.15) is 0 Å². The predicted molar refractivity (Wildman–Crippen MR) is 74.9 cm³/mol. The maximum atomic E-state index is 12.2. The quantitative estimate of drug-likeness (QED) is 0.846. The van der Waals surface area contributed by atoms with Crippen LogP contribution in [0.15, 0.2) is 34.9 Å². The fourth-order valence-corrected chi connectivity index (χ4v) is 4.14. The lowest BCUT2D eigenvalue weighted by atomic mass is 10.2. The molecule has 2 rings (SSSR count). The number of rotatable bonds is 5. The second kappa shape index (κ2) is 5.96. The summed E-state index contributed by atoms with van der Waals surface area (Å²) in [5.41, 5.74) is 1.04. The largest absolute Gasteiger partial charge is 0.265 e. The minimum Gasteiger partial charge on any atom is -0.265 e. The van der Waals surface area contributed by atoms with Crippen LogP contribution in [0.25, 0.3) is 0 Å². The van der Waals surface area contributed by atoms with Gasteiger partial charge in [0.25, 0.3) is 10.0 Å². The molecule has 0 radical (unpaired) electrons. The molecule has 0 atom stereocenters. The summed E-state index contributed by atoms with van der Waals surface area (Å²) in [6.45, 7) is 0.391. The van der Waals surface area contributed by atoms with Crippen LogP contribution in [-0.4, -0.2) is 36.3 Å². The van der Waals surface area contributed by atoms with Gasteiger partial charge >= 0.3 is 0 Å². The van der Waals surface area contributed by atoms with Gasteiger partial charge in [0.15, 0.2) is 8.68 Å². The molecule has 102 valence electrons. The van der Waals surface area contributed by atoms with Crippen molar-refractivity contribution >= 4 is 33.0 Å². The van der Waals surface area contributed by atoms with Crippen LogP contribution in [-0.2, 0) is 16.4 Å². The molecule has 0 N–H and O–H groups in total. The van der Waals surface area contributed by atoms with Gasteiger partial charge in [-0.25, -0.2) is 13.4 Å². The Kier molecular flexibility index (Phi) is 4.51. The molecule has 2 aromatic rings. The van der Waals surface area contributed by atoms with Crippen molar-refractivity contribution in [3.63, 3.8) is 0 Å². The molecule has 0 unspecified atom stereocenters. The number of sulfonamides is 1. The number of hydrogen-bond donors (Lipinski definition) is 0. The van der Waals surface area contributed by atoms with Gasteiger partial charge in [-0.15, -0.1) is 0 Å². The maximum Gasteiger partial charge on any atom is 0.253 e. The van der Waals surface area contributed by atoms with Crippen LogP contribution < -0.4 is 0 Å². The molecular formula is C11H12ClN3O2S2. The number of likely N-dealkylation sites (N-methyl/N-ethyl adjacent to an activating group) is 1. The average molecular weight is 318 g/mol. The summed E-state index contributed by atoms with van der Waals surface area (Å²) in [7, 11) is -1.95. The molecule has 0 bridgehead atoms. The number of pyridine rings is 1. The number of nitrogens with zero attached hydrogens (tertiary/aromatic N) is 3. The van der Waals surface area contributed by atoms with Gasteiger partial charge in [0.2, 0.25) is 0 Å². The molecule has 0 amide bonds. The summed E-state index contributed by atoms with van der Waals surface area (Å²) in [6.07, 6.45) is 5.29. The minimum atomic E-state index is -3.50. The second-order valence-corrected chi connectivity index (χ2v) is 7.75. The van der Waals surface area contributed by atoms with Crippen molar-refractivity contribution in [2.45, 2.75) is 10.6 Å². The molecule has 0 spiro atoms. The lowest BCUT2D eigenvalue weighted by molar-refractivity contribution is 0.474. The van der Waals surface area contributed by atoms with E-state index in [0.29, 0.717) is 13.0 Å². The smallest absolute Gasteiger partial charge is 0.253 e. The summed E-state index contributed by atoms with van der Waals surface area (Å²) < 4.78 is 26.1. The van der Waals surface area contributed by atoms with Gasteiger partial charge < -0.3 is 0 Å². The van der Waals surface area contributed by atoms with Crippen molar-refractivity contribution in [1.82, 2.24) is 14.3 Å². The third-order valence-electron chi connectivity index (χ3n) is 2.59. The van der Waals surface area contributed by atoms with Crippen molar-refractivity contribution < 1.29 is 8.42 Å². The molecular weight excluding hydrogens is 306 g/mol. The Balaban J connectivity index is 2.05. The summed E-state index contributed by atoms with van der Waals surface area (Å²) >= 11 is 6.62. The van der Waals surface area contributed by atoms with Gasteiger partial charge in [-0.3, -0.25) is 4.98 Å². The predicted octanol–water partition coefficient (Wildman–Crippen LogP) is 2.05. The zero-order valence-electron chi connectivity index (χ0n) is 10.2. The SMILES string of the molecule is CN(CCc1ccncc1)S(=O)(=O)c1cnc(Cl)s1. The fraction of sp³-hybridized carbons (Fsp3) is 0.273. The molecule has 0 aliphatic heterocycles. The maximum absolute atomic E-state index is 12.2. The van der Waals surface area contributed by atoms with Gasteiger partial charge in [0.05, 0.1) is 6.20 Å². The van der Waals surface area contributed by atoms with Crippen LogP contribution in [0.4, 0.5) is 0 Å². The first kappa shape index (κ1) is 14.4. The molecule has 5 nitrogen and oxygen atoms in total. The minimum absolute atomic E-state index is 0.162. The molecule has 0 saturated heterocycles. The summed E-state index contributed by atoms with van der Waals surface area (Å²) in [5.74, 6) is 0. The van der Waals surface area contributed by atoms with Crippen LogP contribution in [0.3, 0.4) is 0 Å². The van der Waals surface area contributed by atoms with Crippen LogP contribution in [0.1, 0.15) is 5.56 Å². The van der Waals surface area contributed by atoms with Gasteiger partial charge in [-0.2, -0.15) is 4.31 Å². The van der Waals surface area contributed by atoms with E-state index in [2.05, 4.69) is 9.97 Å². The summed E-state index contributed by atoms with van der Waals surface area (Å²) in [5, 5.41) is 0. The highest BCUT2D eigenvalue weighted by Crippen LogP contribution is 2.24. The van der Waals surface area contributed by atoms with E-state index in [-0.39, 0.29) is 8.68 Å². The van der Waals surface area contributed by atoms with Crippen LogP contribution in [0.5, 0.6) is 0 Å². The lowest BCUT2D eigenvalue weighted by Gasteiger charge is -2.15. The Hall–Kier alpha value is -1.02. The fourth-order valence-electron chi connectivity index (χ4n) is 1.47. The van der Waals surface area contributed by atoms with E-state index >= 15 is 0 Å². The van der Waals surface area contributed by atoms with Crippen molar-refractivity contribution in [2.75, 3.05) is 13.6 Å². The lowest BCUT2D eigenvalue weighted by Crippen LogP contribution is -2.28. The summed E-state index contributed by atoms with van der Waals surface area (Å²) in [6, 6.07) is 3.73. The van der Waals surface area contributed by atoms with Crippen molar-refractivity contribution in [1.29, 1.82) is 0 Å². The molecule has 0 saturated carbocycles. The Bertz CT molecular complexity index is 643. The summed E-state index contributed by atoms with van der Waals surface area (Å²) in [4.78, 5) is 7.67. The molecule has 2 heterocycles. The zero-order chi connectivity index (χ0) is 13.9. The van der Waals surface area contributed by atoms with Gasteiger partial charge in [-0.1, -0.05) is 22.9 Å². The Morgan fingerprint density at radius 2 is 2.05 bits per heavy atom. The Morgan fingerprint density at radius 1 is 1.37 bits per heavy atom. The number of halogens is 1. The van der Waals surface area contributed by atoms with Crippen LogP contribution in [0, 0.1) is 0 Å². The van der Waals surface area contributed by atoms with E-state index in [1.807, 2.05) is 12.1 Å². The normalized spacial score (nSPS) is 11.9. The Labute approximate surface area is 120 Å². The average Bonchev–Trinajstić information content (AvgIpc) is 2.84. The zero-order valence-corrected chi connectivity index (χ0v) is 12.5. The topological polar surface area (TPSA) is 63.2 Å². The van der Waals surface area contributed by atoms with E-state index in [1.165, 1.54) is 10.5 Å². The molecule has 8 heteroatoms. The third kappa shape index (κ3) is 3.50. The van der Waals surface area contributed by atoms with Crippen molar-refractivity contribution in [3.05, 3.63) is 40.8 Å². The number of aromatic nitrogens is 2. The number of thiazole rings is 1. The highest BCUT2D eigenvalue weighted by molar-refractivity contribution is 7.91. The molecule has 2 aromatic heterocycles. The molecule has 19 heavy (non-hydrogen) atoms.